The summed E-state index contributed by atoms with van der Waals surface area (Å²) < 4.78 is 0. The molecule has 6 heteroatoms. The van der Waals surface area contributed by atoms with Gasteiger partial charge in [0, 0.05) is 35.5 Å². The number of pyridine rings is 2. The lowest BCUT2D eigenvalue weighted by Gasteiger charge is -2.14. The van der Waals surface area contributed by atoms with Crippen molar-refractivity contribution in [1.29, 1.82) is 0 Å². The standard InChI is InChI=1S/C30H28N6/c1-21(33-26-10-12-28(32-19-26)23-7-3-2-4-8-23)30-27-16-24(9-11-29(27)34-35-30)25-15-22(17-31-18-25)20-36-13-5-6-14-36/h2-4,7-12,15-19,33H,1,5-6,13-14,20H2,(H,34,35). The molecule has 178 valence electrons. The van der Waals surface area contributed by atoms with E-state index in [1.54, 1.807) is 0 Å². The van der Waals surface area contributed by atoms with Crippen LogP contribution in [0.1, 0.15) is 24.1 Å². The van der Waals surface area contributed by atoms with Crippen LogP contribution in [0.3, 0.4) is 0 Å². The number of benzene rings is 2. The minimum Gasteiger partial charge on any atom is -0.353 e. The van der Waals surface area contributed by atoms with Gasteiger partial charge in [0.2, 0.25) is 0 Å². The zero-order valence-electron chi connectivity index (χ0n) is 20.1. The predicted molar refractivity (Wildman–Crippen MR) is 146 cm³/mol. The van der Waals surface area contributed by atoms with Crippen LogP contribution in [0.5, 0.6) is 0 Å². The molecule has 1 aliphatic heterocycles. The summed E-state index contributed by atoms with van der Waals surface area (Å²) in [6.07, 6.45) is 8.32. The van der Waals surface area contributed by atoms with Crippen LogP contribution in [0.15, 0.2) is 91.9 Å². The van der Waals surface area contributed by atoms with Gasteiger partial charge in [-0.3, -0.25) is 20.0 Å². The summed E-state index contributed by atoms with van der Waals surface area (Å²) in [6, 6.07) is 22.8. The number of nitrogens with one attached hydrogen (secondary N) is 2. The Labute approximate surface area is 210 Å². The first kappa shape index (κ1) is 22.2. The van der Waals surface area contributed by atoms with Crippen LogP contribution in [-0.2, 0) is 6.54 Å². The minimum absolute atomic E-state index is 0.716. The molecule has 0 aliphatic carbocycles. The van der Waals surface area contributed by atoms with Crippen LogP contribution in [0, 0.1) is 0 Å². The second-order valence-electron chi connectivity index (χ2n) is 9.30. The number of hydrogen-bond donors (Lipinski definition) is 2. The molecule has 0 spiro atoms. The first-order valence-corrected chi connectivity index (χ1v) is 12.4. The average molecular weight is 473 g/mol. The second-order valence-corrected chi connectivity index (χ2v) is 9.30. The van der Waals surface area contributed by atoms with Crippen LogP contribution >= 0.6 is 0 Å². The summed E-state index contributed by atoms with van der Waals surface area (Å²) in [5.74, 6) is 0. The van der Waals surface area contributed by atoms with Gasteiger partial charge in [-0.15, -0.1) is 0 Å². The molecule has 4 heterocycles. The zero-order valence-corrected chi connectivity index (χ0v) is 20.1. The Hall–Kier alpha value is -4.29. The number of aromatic nitrogens is 4. The lowest BCUT2D eigenvalue weighted by atomic mass is 10.0. The van der Waals surface area contributed by atoms with Crippen LogP contribution in [0.4, 0.5) is 5.69 Å². The normalized spacial score (nSPS) is 13.8. The van der Waals surface area contributed by atoms with Crippen molar-refractivity contribution in [2.45, 2.75) is 19.4 Å². The SMILES string of the molecule is C=C(Nc1ccc(-c2ccccc2)nc1)c1n[nH]c2ccc(-c3cncc(CN4CCCC4)c3)cc12. The van der Waals surface area contributed by atoms with Crippen molar-refractivity contribution in [1.82, 2.24) is 25.1 Å². The van der Waals surface area contributed by atoms with Gasteiger partial charge in [-0.1, -0.05) is 43.0 Å². The number of likely N-dealkylation sites (tertiary alicyclic amines) is 1. The van der Waals surface area contributed by atoms with Gasteiger partial charge >= 0.3 is 0 Å². The topological polar surface area (TPSA) is 69.7 Å². The Morgan fingerprint density at radius 2 is 1.75 bits per heavy atom. The van der Waals surface area contributed by atoms with Crippen LogP contribution in [0.2, 0.25) is 0 Å². The molecule has 3 aromatic heterocycles. The molecular formula is C30H28N6. The van der Waals surface area contributed by atoms with Crippen molar-refractivity contribution in [2.75, 3.05) is 18.4 Å². The summed E-state index contributed by atoms with van der Waals surface area (Å²) in [7, 11) is 0. The highest BCUT2D eigenvalue weighted by Gasteiger charge is 2.14. The van der Waals surface area contributed by atoms with Gasteiger partial charge in [-0.2, -0.15) is 5.10 Å². The molecule has 5 aromatic rings. The minimum atomic E-state index is 0.716. The van der Waals surface area contributed by atoms with Gasteiger partial charge in [-0.05, 0) is 67.4 Å². The van der Waals surface area contributed by atoms with Gasteiger partial charge in [0.1, 0.15) is 5.69 Å². The molecule has 1 aliphatic rings. The van der Waals surface area contributed by atoms with E-state index in [9.17, 15) is 0 Å². The van der Waals surface area contributed by atoms with Gasteiger partial charge in [0.25, 0.3) is 0 Å². The van der Waals surface area contributed by atoms with Crippen molar-refractivity contribution in [3.63, 3.8) is 0 Å². The molecule has 0 amide bonds. The van der Waals surface area contributed by atoms with E-state index in [2.05, 4.69) is 73.4 Å². The maximum atomic E-state index is 4.60. The fourth-order valence-electron chi connectivity index (χ4n) is 4.84. The summed E-state index contributed by atoms with van der Waals surface area (Å²) in [5, 5.41) is 12.1. The van der Waals surface area contributed by atoms with Crippen molar-refractivity contribution >= 4 is 22.3 Å². The molecule has 6 rings (SSSR count). The molecular weight excluding hydrogens is 444 g/mol. The molecule has 0 saturated carbocycles. The maximum Gasteiger partial charge on any atom is 0.116 e. The van der Waals surface area contributed by atoms with Gasteiger partial charge in [0.15, 0.2) is 0 Å². The third kappa shape index (κ3) is 4.63. The first-order valence-electron chi connectivity index (χ1n) is 12.4. The summed E-state index contributed by atoms with van der Waals surface area (Å²) in [6.45, 7) is 7.56. The van der Waals surface area contributed by atoms with Crippen molar-refractivity contribution in [3.05, 3.63) is 103 Å². The van der Waals surface area contributed by atoms with Crippen molar-refractivity contribution < 1.29 is 0 Å². The van der Waals surface area contributed by atoms with E-state index in [1.807, 2.05) is 48.9 Å². The van der Waals surface area contributed by atoms with E-state index in [4.69, 9.17) is 0 Å². The average Bonchev–Trinajstić information content (AvgIpc) is 3.59. The van der Waals surface area contributed by atoms with Crippen LogP contribution < -0.4 is 5.32 Å². The number of fused-ring (bicyclic) bond motifs is 1. The summed E-state index contributed by atoms with van der Waals surface area (Å²) in [5.41, 5.74) is 8.84. The first-order chi connectivity index (χ1) is 17.7. The summed E-state index contributed by atoms with van der Waals surface area (Å²) >= 11 is 0. The molecule has 36 heavy (non-hydrogen) atoms. The maximum absolute atomic E-state index is 4.60. The predicted octanol–water partition coefficient (Wildman–Crippen LogP) is 6.37. The number of nitrogens with zero attached hydrogens (tertiary/aromatic N) is 4. The molecule has 2 N–H and O–H groups in total. The Morgan fingerprint density at radius 3 is 2.56 bits per heavy atom. The van der Waals surface area contributed by atoms with Gasteiger partial charge < -0.3 is 5.32 Å². The number of aromatic amines is 1. The fourth-order valence-corrected chi connectivity index (χ4v) is 4.84. The number of rotatable bonds is 7. The van der Waals surface area contributed by atoms with E-state index >= 15 is 0 Å². The highest BCUT2D eigenvalue weighted by molar-refractivity contribution is 5.95. The number of hydrogen-bond acceptors (Lipinski definition) is 5. The Bertz CT molecular complexity index is 1500. The highest BCUT2D eigenvalue weighted by atomic mass is 15.1. The largest absolute Gasteiger partial charge is 0.353 e. The van der Waals surface area contributed by atoms with E-state index in [0.29, 0.717) is 5.70 Å². The highest BCUT2D eigenvalue weighted by Crippen LogP contribution is 2.29. The van der Waals surface area contributed by atoms with Gasteiger partial charge in [-0.25, -0.2) is 0 Å². The van der Waals surface area contributed by atoms with Crippen LogP contribution in [-0.4, -0.2) is 38.2 Å². The molecule has 0 radical (unpaired) electrons. The molecule has 2 aromatic carbocycles. The van der Waals surface area contributed by atoms with E-state index in [0.717, 1.165) is 51.2 Å². The van der Waals surface area contributed by atoms with Crippen molar-refractivity contribution in [3.8, 4) is 22.4 Å². The number of H-pyrrole nitrogens is 1. The van der Waals surface area contributed by atoms with E-state index in [1.165, 1.54) is 31.5 Å². The third-order valence-corrected chi connectivity index (χ3v) is 6.71. The van der Waals surface area contributed by atoms with E-state index in [-0.39, 0.29) is 0 Å². The molecule has 0 unspecified atom stereocenters. The fraction of sp³-hybridized carbons (Fsp3) is 0.167. The van der Waals surface area contributed by atoms with E-state index < -0.39 is 0 Å². The zero-order chi connectivity index (χ0) is 24.3. The Balaban J connectivity index is 1.23. The Kier molecular flexibility index (Phi) is 6.01. The molecule has 0 bridgehead atoms. The monoisotopic (exact) mass is 472 g/mol. The summed E-state index contributed by atoms with van der Waals surface area (Å²) in [4.78, 5) is 11.6. The van der Waals surface area contributed by atoms with Gasteiger partial charge in [0.05, 0.1) is 28.8 Å². The Morgan fingerprint density at radius 1 is 0.889 bits per heavy atom. The van der Waals surface area contributed by atoms with Crippen molar-refractivity contribution in [2.24, 2.45) is 0 Å². The molecule has 1 saturated heterocycles. The third-order valence-electron chi connectivity index (χ3n) is 6.71. The number of anilines is 1. The lowest BCUT2D eigenvalue weighted by Crippen LogP contribution is -2.18. The second kappa shape index (κ2) is 9.76. The molecule has 6 nitrogen and oxygen atoms in total. The quantitative estimate of drug-likeness (QED) is 0.288. The molecule has 1 fully saturated rings. The smallest absolute Gasteiger partial charge is 0.116 e. The molecule has 0 atom stereocenters. The van der Waals surface area contributed by atoms with Crippen LogP contribution in [0.25, 0.3) is 39.0 Å². The lowest BCUT2D eigenvalue weighted by molar-refractivity contribution is 0.331.